The predicted octanol–water partition coefficient (Wildman–Crippen LogP) is 3.41. The second kappa shape index (κ2) is 7.32. The van der Waals surface area contributed by atoms with Crippen LogP contribution in [0.5, 0.6) is 5.75 Å². The molecule has 5 nitrogen and oxygen atoms in total. The van der Waals surface area contributed by atoms with E-state index in [0.717, 1.165) is 37.4 Å². The van der Waals surface area contributed by atoms with Crippen LogP contribution in [0.1, 0.15) is 24.3 Å². The first-order chi connectivity index (χ1) is 11.6. The number of nitrogens with zero attached hydrogens (tertiary/aromatic N) is 2. The number of aromatic nitrogens is 1. The van der Waals surface area contributed by atoms with Crippen molar-refractivity contribution in [2.24, 2.45) is 0 Å². The van der Waals surface area contributed by atoms with Gasteiger partial charge in [0.2, 0.25) is 5.89 Å². The molecule has 1 aromatic carbocycles. The van der Waals surface area contributed by atoms with E-state index in [1.54, 1.807) is 19.2 Å². The molecule has 2 aromatic rings. The number of methoxy groups -OCH3 is 2. The third-order valence-corrected chi connectivity index (χ3v) is 4.47. The van der Waals surface area contributed by atoms with E-state index in [0.29, 0.717) is 23.7 Å². The van der Waals surface area contributed by atoms with E-state index in [9.17, 15) is 4.39 Å². The van der Waals surface area contributed by atoms with Gasteiger partial charge in [0.25, 0.3) is 0 Å². The van der Waals surface area contributed by atoms with Crippen molar-refractivity contribution >= 4 is 0 Å². The van der Waals surface area contributed by atoms with Crippen molar-refractivity contribution in [3.8, 4) is 17.2 Å². The summed E-state index contributed by atoms with van der Waals surface area (Å²) in [5.74, 6) is 1.10. The first kappa shape index (κ1) is 16.9. The molecule has 130 valence electrons. The molecule has 1 fully saturated rings. The Labute approximate surface area is 141 Å². The van der Waals surface area contributed by atoms with E-state index < -0.39 is 5.82 Å². The minimum Gasteiger partial charge on any atom is -0.497 e. The normalized spacial score (nSPS) is 18.8. The lowest BCUT2D eigenvalue weighted by Crippen LogP contribution is -2.38. The number of rotatable bonds is 5. The van der Waals surface area contributed by atoms with Gasteiger partial charge in [-0.05, 0) is 38.4 Å². The molecule has 6 heteroatoms. The summed E-state index contributed by atoms with van der Waals surface area (Å²) in [6, 6.07) is 4.67. The fourth-order valence-corrected chi connectivity index (χ4v) is 3.05. The van der Waals surface area contributed by atoms with Gasteiger partial charge in [0.15, 0.2) is 0 Å². The third kappa shape index (κ3) is 3.60. The highest BCUT2D eigenvalue weighted by Gasteiger charge is 2.22. The van der Waals surface area contributed by atoms with E-state index in [1.807, 2.05) is 6.92 Å². The summed E-state index contributed by atoms with van der Waals surface area (Å²) in [7, 11) is 3.26. The fourth-order valence-electron chi connectivity index (χ4n) is 3.05. The molecule has 1 atom stereocenters. The van der Waals surface area contributed by atoms with Crippen LogP contribution in [-0.4, -0.2) is 43.3 Å². The van der Waals surface area contributed by atoms with Crippen LogP contribution in [0.2, 0.25) is 0 Å². The summed E-state index contributed by atoms with van der Waals surface area (Å²) >= 11 is 0. The van der Waals surface area contributed by atoms with E-state index in [1.165, 1.54) is 13.2 Å². The zero-order valence-corrected chi connectivity index (χ0v) is 14.3. The predicted molar refractivity (Wildman–Crippen MR) is 88.5 cm³/mol. The molecule has 1 aliphatic rings. The lowest BCUT2D eigenvalue weighted by Gasteiger charge is -2.31. The number of hydrogen-bond donors (Lipinski definition) is 0. The number of aryl methyl sites for hydroxylation is 1. The molecule has 0 spiro atoms. The van der Waals surface area contributed by atoms with E-state index in [-0.39, 0.29) is 6.10 Å². The highest BCUT2D eigenvalue weighted by Crippen LogP contribution is 2.28. The number of likely N-dealkylation sites (tertiary alicyclic amines) is 1. The van der Waals surface area contributed by atoms with Gasteiger partial charge in [0.05, 0.1) is 24.5 Å². The Morgan fingerprint density at radius 1 is 1.38 bits per heavy atom. The molecule has 1 saturated heterocycles. The van der Waals surface area contributed by atoms with Crippen LogP contribution in [0.25, 0.3) is 11.5 Å². The Kier molecular flexibility index (Phi) is 5.16. The second-order valence-electron chi connectivity index (χ2n) is 6.10. The molecule has 0 unspecified atom stereocenters. The van der Waals surface area contributed by atoms with Gasteiger partial charge >= 0.3 is 0 Å². The average molecular weight is 334 g/mol. The van der Waals surface area contributed by atoms with Gasteiger partial charge in [-0.3, -0.25) is 4.90 Å². The quantitative estimate of drug-likeness (QED) is 0.838. The minimum absolute atomic E-state index is 0.268. The van der Waals surface area contributed by atoms with Crippen LogP contribution in [-0.2, 0) is 11.3 Å². The topological polar surface area (TPSA) is 47.7 Å². The van der Waals surface area contributed by atoms with Crippen LogP contribution in [0, 0.1) is 12.7 Å². The van der Waals surface area contributed by atoms with Gasteiger partial charge in [-0.1, -0.05) is 0 Å². The molecule has 0 saturated carbocycles. The van der Waals surface area contributed by atoms with E-state index >= 15 is 0 Å². The van der Waals surface area contributed by atoms with Crippen molar-refractivity contribution in [3.05, 3.63) is 35.5 Å². The first-order valence-corrected chi connectivity index (χ1v) is 8.16. The highest BCUT2D eigenvalue weighted by atomic mass is 19.1. The standard InChI is InChI=1S/C18H23FN2O3/c1-12-17(11-21-8-4-5-14(10-21)23-3)20-18(24-12)15-7-6-13(22-2)9-16(15)19/h6-7,9,14H,4-5,8,10-11H2,1-3H3/t14-/m0/s1. The van der Waals surface area contributed by atoms with Crippen LogP contribution in [0.15, 0.2) is 22.6 Å². The largest absolute Gasteiger partial charge is 0.497 e. The molecule has 2 heterocycles. The summed E-state index contributed by atoms with van der Waals surface area (Å²) in [4.78, 5) is 6.81. The Bertz CT molecular complexity index is 702. The maximum absolute atomic E-state index is 14.2. The van der Waals surface area contributed by atoms with Gasteiger partial charge in [-0.2, -0.15) is 0 Å². The molecule has 0 bridgehead atoms. The van der Waals surface area contributed by atoms with Gasteiger partial charge in [-0.25, -0.2) is 9.37 Å². The number of oxazole rings is 1. The molecular formula is C18H23FN2O3. The molecule has 3 rings (SSSR count). The molecule has 0 radical (unpaired) electrons. The van der Waals surface area contributed by atoms with Crippen LogP contribution in [0.4, 0.5) is 4.39 Å². The van der Waals surface area contributed by atoms with Crippen molar-refractivity contribution in [2.75, 3.05) is 27.3 Å². The highest BCUT2D eigenvalue weighted by molar-refractivity contribution is 5.56. The smallest absolute Gasteiger partial charge is 0.229 e. The molecule has 1 aliphatic heterocycles. The second-order valence-corrected chi connectivity index (χ2v) is 6.10. The van der Waals surface area contributed by atoms with Gasteiger partial charge in [0.1, 0.15) is 17.3 Å². The lowest BCUT2D eigenvalue weighted by molar-refractivity contribution is 0.0280. The number of piperidine rings is 1. The Morgan fingerprint density at radius 2 is 2.21 bits per heavy atom. The number of ether oxygens (including phenoxy) is 2. The first-order valence-electron chi connectivity index (χ1n) is 8.16. The van der Waals surface area contributed by atoms with Crippen molar-refractivity contribution in [2.45, 2.75) is 32.4 Å². The number of halogens is 1. The average Bonchev–Trinajstić information content (AvgIpc) is 2.95. The molecule has 1 aromatic heterocycles. The maximum Gasteiger partial charge on any atom is 0.229 e. The zero-order valence-electron chi connectivity index (χ0n) is 14.3. The van der Waals surface area contributed by atoms with Gasteiger partial charge < -0.3 is 13.9 Å². The summed E-state index contributed by atoms with van der Waals surface area (Å²) in [5, 5.41) is 0. The SMILES string of the molecule is COc1ccc(-c2nc(CN3CCC[C@H](OC)C3)c(C)o2)c(F)c1. The van der Waals surface area contributed by atoms with Crippen molar-refractivity contribution < 1.29 is 18.3 Å². The van der Waals surface area contributed by atoms with E-state index in [4.69, 9.17) is 13.9 Å². The van der Waals surface area contributed by atoms with Gasteiger partial charge in [0, 0.05) is 26.3 Å². The summed E-state index contributed by atoms with van der Waals surface area (Å²) in [5.41, 5.74) is 1.19. The van der Waals surface area contributed by atoms with Gasteiger partial charge in [-0.15, -0.1) is 0 Å². The van der Waals surface area contributed by atoms with Crippen LogP contribution in [0.3, 0.4) is 0 Å². The number of hydrogen-bond acceptors (Lipinski definition) is 5. The fraction of sp³-hybridized carbons (Fsp3) is 0.500. The maximum atomic E-state index is 14.2. The monoisotopic (exact) mass is 334 g/mol. The third-order valence-electron chi connectivity index (χ3n) is 4.47. The Hall–Kier alpha value is -1.92. The lowest BCUT2D eigenvalue weighted by atomic mass is 10.1. The van der Waals surface area contributed by atoms with Crippen molar-refractivity contribution in [3.63, 3.8) is 0 Å². The molecule has 0 amide bonds. The van der Waals surface area contributed by atoms with Crippen molar-refractivity contribution in [1.82, 2.24) is 9.88 Å². The van der Waals surface area contributed by atoms with E-state index in [2.05, 4.69) is 9.88 Å². The molecule has 0 aliphatic carbocycles. The Balaban J connectivity index is 1.78. The molecular weight excluding hydrogens is 311 g/mol. The summed E-state index contributed by atoms with van der Waals surface area (Å²) in [6.07, 6.45) is 2.46. The van der Waals surface area contributed by atoms with Crippen molar-refractivity contribution in [1.29, 1.82) is 0 Å². The molecule has 24 heavy (non-hydrogen) atoms. The zero-order chi connectivity index (χ0) is 17.1. The summed E-state index contributed by atoms with van der Waals surface area (Å²) < 4.78 is 30.4. The number of benzene rings is 1. The minimum atomic E-state index is -0.403. The van der Waals surface area contributed by atoms with Crippen LogP contribution >= 0.6 is 0 Å². The Morgan fingerprint density at radius 3 is 2.92 bits per heavy atom. The summed E-state index contributed by atoms with van der Waals surface area (Å²) in [6.45, 7) is 4.45. The molecule has 0 N–H and O–H groups in total. The van der Waals surface area contributed by atoms with Crippen LogP contribution < -0.4 is 4.74 Å².